The largest absolute Gasteiger partial charge is 0.497 e. The maximum Gasteiger partial charge on any atom is 0.256 e. The summed E-state index contributed by atoms with van der Waals surface area (Å²) in [6, 6.07) is 18.6. The lowest BCUT2D eigenvalue weighted by atomic mass is 9.99. The minimum atomic E-state index is -0.266. The van der Waals surface area contributed by atoms with Crippen molar-refractivity contribution in [1.82, 2.24) is 4.98 Å². The Hall–Kier alpha value is -3.57. The van der Waals surface area contributed by atoms with Gasteiger partial charge in [-0.15, -0.1) is 0 Å². The molecule has 32 heavy (non-hydrogen) atoms. The highest BCUT2D eigenvalue weighted by Gasteiger charge is 2.18. The van der Waals surface area contributed by atoms with Crippen molar-refractivity contribution < 1.29 is 14.3 Å². The second-order valence-corrected chi connectivity index (χ2v) is 8.00. The van der Waals surface area contributed by atoms with Crippen molar-refractivity contribution in [3.8, 4) is 22.8 Å². The molecule has 0 saturated heterocycles. The standard InChI is InChI=1S/C26H23ClN2O3/c1-15-11-16(2)25-20(12-15)21(14-22(28-25)17-5-8-19(31-3)9-6-17)26(30)29-23-13-18(27)7-10-24(23)32-4/h5-14H,1-4H3,(H,29,30). The van der Waals surface area contributed by atoms with E-state index in [1.54, 1.807) is 32.4 Å². The maximum atomic E-state index is 13.5. The Labute approximate surface area is 192 Å². The van der Waals surface area contributed by atoms with E-state index in [1.807, 2.05) is 50.2 Å². The Bertz CT molecular complexity index is 1320. The molecule has 5 nitrogen and oxygen atoms in total. The van der Waals surface area contributed by atoms with Crippen LogP contribution in [0.4, 0.5) is 5.69 Å². The number of hydrogen-bond acceptors (Lipinski definition) is 4. The van der Waals surface area contributed by atoms with Gasteiger partial charge in [0.15, 0.2) is 0 Å². The van der Waals surface area contributed by atoms with Gasteiger partial charge in [-0.3, -0.25) is 4.79 Å². The number of hydrogen-bond donors (Lipinski definition) is 1. The first kappa shape index (κ1) is 21.7. The highest BCUT2D eigenvalue weighted by molar-refractivity contribution is 6.31. The number of carbonyl (C=O) groups excluding carboxylic acids is 1. The number of pyridine rings is 1. The summed E-state index contributed by atoms with van der Waals surface area (Å²) < 4.78 is 10.6. The molecule has 4 aromatic rings. The minimum Gasteiger partial charge on any atom is -0.497 e. The number of methoxy groups -OCH3 is 2. The molecule has 0 fully saturated rings. The highest BCUT2D eigenvalue weighted by atomic mass is 35.5. The Balaban J connectivity index is 1.86. The van der Waals surface area contributed by atoms with Gasteiger partial charge in [0.1, 0.15) is 11.5 Å². The summed E-state index contributed by atoms with van der Waals surface area (Å²) in [5, 5.41) is 4.25. The summed E-state index contributed by atoms with van der Waals surface area (Å²) in [5.74, 6) is 1.02. The van der Waals surface area contributed by atoms with Gasteiger partial charge in [0.25, 0.3) is 5.91 Å². The van der Waals surface area contributed by atoms with Crippen molar-refractivity contribution in [3.05, 3.63) is 82.4 Å². The molecule has 0 saturated carbocycles. The van der Waals surface area contributed by atoms with E-state index < -0.39 is 0 Å². The maximum absolute atomic E-state index is 13.5. The molecule has 162 valence electrons. The van der Waals surface area contributed by atoms with Crippen LogP contribution >= 0.6 is 11.6 Å². The van der Waals surface area contributed by atoms with Gasteiger partial charge in [0.05, 0.1) is 36.7 Å². The van der Waals surface area contributed by atoms with E-state index in [2.05, 4.69) is 11.4 Å². The molecule has 3 aromatic carbocycles. The molecule has 1 heterocycles. The minimum absolute atomic E-state index is 0.266. The third-order valence-corrected chi connectivity index (χ3v) is 5.52. The molecule has 4 rings (SSSR count). The molecule has 6 heteroatoms. The zero-order valence-electron chi connectivity index (χ0n) is 18.3. The van der Waals surface area contributed by atoms with E-state index in [0.29, 0.717) is 27.7 Å². The number of halogens is 1. The molecule has 0 bridgehead atoms. The number of anilines is 1. The normalized spacial score (nSPS) is 10.8. The molecule has 0 atom stereocenters. The zero-order chi connectivity index (χ0) is 22.8. The lowest BCUT2D eigenvalue weighted by molar-refractivity contribution is 0.102. The van der Waals surface area contributed by atoms with Crippen LogP contribution in [0.25, 0.3) is 22.2 Å². The number of ether oxygens (including phenoxy) is 2. The number of nitrogens with one attached hydrogen (secondary N) is 1. The van der Waals surface area contributed by atoms with Gasteiger partial charge < -0.3 is 14.8 Å². The van der Waals surface area contributed by atoms with E-state index >= 15 is 0 Å². The number of nitrogens with zero attached hydrogens (tertiary/aromatic N) is 1. The van der Waals surface area contributed by atoms with Gasteiger partial charge in [0.2, 0.25) is 0 Å². The Kier molecular flexibility index (Phi) is 6.01. The lowest BCUT2D eigenvalue weighted by Crippen LogP contribution is -2.14. The first-order valence-corrected chi connectivity index (χ1v) is 10.5. The van der Waals surface area contributed by atoms with Crippen molar-refractivity contribution >= 4 is 34.1 Å². The predicted octanol–water partition coefficient (Wildman–Crippen LogP) is 6.44. The van der Waals surface area contributed by atoms with E-state index in [0.717, 1.165) is 33.3 Å². The van der Waals surface area contributed by atoms with Crippen molar-refractivity contribution in [3.63, 3.8) is 0 Å². The summed E-state index contributed by atoms with van der Waals surface area (Å²) in [6.45, 7) is 4.01. The number of aryl methyl sites for hydroxylation is 2. The van der Waals surface area contributed by atoms with Gasteiger partial charge in [-0.1, -0.05) is 23.2 Å². The van der Waals surface area contributed by atoms with Crippen LogP contribution in [0.5, 0.6) is 11.5 Å². The predicted molar refractivity (Wildman–Crippen MR) is 129 cm³/mol. The molecular formula is C26H23ClN2O3. The second kappa shape index (κ2) is 8.89. The van der Waals surface area contributed by atoms with E-state index in [4.69, 9.17) is 26.1 Å². The topological polar surface area (TPSA) is 60.5 Å². The summed E-state index contributed by atoms with van der Waals surface area (Å²) in [5.41, 5.74) is 5.47. The van der Waals surface area contributed by atoms with Crippen LogP contribution in [0.15, 0.2) is 60.7 Å². The summed E-state index contributed by atoms with van der Waals surface area (Å²) in [6.07, 6.45) is 0. The summed E-state index contributed by atoms with van der Waals surface area (Å²) in [7, 11) is 3.18. The van der Waals surface area contributed by atoms with Crippen LogP contribution < -0.4 is 14.8 Å². The Morgan fingerprint density at radius 2 is 1.69 bits per heavy atom. The van der Waals surface area contributed by atoms with Gasteiger partial charge in [-0.2, -0.15) is 0 Å². The molecule has 0 unspecified atom stereocenters. The smallest absolute Gasteiger partial charge is 0.256 e. The number of carbonyl (C=O) groups is 1. The van der Waals surface area contributed by atoms with Crippen molar-refractivity contribution in [2.24, 2.45) is 0 Å². The lowest BCUT2D eigenvalue weighted by Gasteiger charge is -2.14. The molecule has 0 radical (unpaired) electrons. The molecular weight excluding hydrogens is 424 g/mol. The van der Waals surface area contributed by atoms with Gasteiger partial charge in [-0.05, 0) is 74.0 Å². The van der Waals surface area contributed by atoms with Crippen molar-refractivity contribution in [2.45, 2.75) is 13.8 Å². The van der Waals surface area contributed by atoms with E-state index in [1.165, 1.54) is 0 Å². The van der Waals surface area contributed by atoms with Crippen LogP contribution in [-0.4, -0.2) is 25.1 Å². The van der Waals surface area contributed by atoms with Crippen LogP contribution in [0, 0.1) is 13.8 Å². The molecule has 0 aliphatic rings. The molecule has 1 aromatic heterocycles. The van der Waals surface area contributed by atoms with Crippen LogP contribution in [0.1, 0.15) is 21.5 Å². The van der Waals surface area contributed by atoms with Crippen LogP contribution in [0.3, 0.4) is 0 Å². The number of benzene rings is 3. The summed E-state index contributed by atoms with van der Waals surface area (Å²) >= 11 is 6.14. The van der Waals surface area contributed by atoms with E-state index in [-0.39, 0.29) is 5.91 Å². The van der Waals surface area contributed by atoms with Gasteiger partial charge in [0, 0.05) is 16.0 Å². The fourth-order valence-electron chi connectivity index (χ4n) is 3.75. The highest BCUT2D eigenvalue weighted by Crippen LogP contribution is 2.32. The third-order valence-electron chi connectivity index (χ3n) is 5.29. The van der Waals surface area contributed by atoms with Crippen molar-refractivity contribution in [1.29, 1.82) is 0 Å². The second-order valence-electron chi connectivity index (χ2n) is 7.56. The fourth-order valence-corrected chi connectivity index (χ4v) is 3.92. The monoisotopic (exact) mass is 446 g/mol. The Morgan fingerprint density at radius 1 is 0.938 bits per heavy atom. The molecule has 1 N–H and O–H groups in total. The molecule has 0 aliphatic heterocycles. The van der Waals surface area contributed by atoms with Crippen LogP contribution in [0.2, 0.25) is 5.02 Å². The quantitative estimate of drug-likeness (QED) is 0.383. The molecule has 0 aliphatic carbocycles. The number of amides is 1. The Morgan fingerprint density at radius 3 is 2.38 bits per heavy atom. The number of rotatable bonds is 5. The number of aromatic nitrogens is 1. The SMILES string of the molecule is COc1ccc(-c2cc(C(=O)Nc3cc(Cl)ccc3OC)c3cc(C)cc(C)c3n2)cc1. The van der Waals surface area contributed by atoms with Gasteiger partial charge >= 0.3 is 0 Å². The van der Waals surface area contributed by atoms with Crippen molar-refractivity contribution in [2.75, 3.05) is 19.5 Å². The van der Waals surface area contributed by atoms with Gasteiger partial charge in [-0.25, -0.2) is 4.98 Å². The average molecular weight is 447 g/mol. The molecule has 0 spiro atoms. The van der Waals surface area contributed by atoms with E-state index in [9.17, 15) is 4.79 Å². The molecule has 1 amide bonds. The fraction of sp³-hybridized carbons (Fsp3) is 0.154. The zero-order valence-corrected chi connectivity index (χ0v) is 19.1. The van der Waals surface area contributed by atoms with Crippen LogP contribution in [-0.2, 0) is 0 Å². The first-order valence-electron chi connectivity index (χ1n) is 10.1. The first-order chi connectivity index (χ1) is 15.4. The summed E-state index contributed by atoms with van der Waals surface area (Å²) in [4.78, 5) is 18.3. The average Bonchev–Trinajstić information content (AvgIpc) is 2.78. The number of fused-ring (bicyclic) bond motifs is 1. The third kappa shape index (κ3) is 4.25.